The molecule has 6 heteroatoms. The molecule has 1 aliphatic rings. The van der Waals surface area contributed by atoms with Gasteiger partial charge in [0.2, 0.25) is 0 Å². The third kappa shape index (κ3) is 3.65. The number of unbranched alkanes of at least 4 members (excludes halogenated alkanes) is 3. The molecule has 1 heterocycles. The molecule has 1 aliphatic heterocycles. The van der Waals surface area contributed by atoms with E-state index in [1.165, 1.54) is 0 Å². The molecular formula is C10H17NO4P+. The summed E-state index contributed by atoms with van der Waals surface area (Å²) >= 11 is 0. The van der Waals surface area contributed by atoms with E-state index in [2.05, 4.69) is 6.92 Å². The van der Waals surface area contributed by atoms with Crippen molar-refractivity contribution in [1.29, 1.82) is 0 Å². The van der Waals surface area contributed by atoms with Gasteiger partial charge in [-0.25, -0.2) is 0 Å². The number of carbonyl (C=O) groups is 2. The number of carbonyl (C=O) groups excluding carboxylic acids is 2. The molecule has 1 atom stereocenters. The Hall–Kier alpha value is -0.800. The van der Waals surface area contributed by atoms with E-state index in [4.69, 9.17) is 4.52 Å². The van der Waals surface area contributed by atoms with Crippen molar-refractivity contribution in [3.05, 3.63) is 0 Å². The lowest BCUT2D eigenvalue weighted by atomic mass is 10.2. The highest BCUT2D eigenvalue weighted by molar-refractivity contribution is 7.38. The van der Waals surface area contributed by atoms with Crippen LogP contribution >= 0.6 is 8.18 Å². The van der Waals surface area contributed by atoms with Gasteiger partial charge in [0.05, 0.1) is 0 Å². The number of amides is 2. The number of rotatable bonds is 7. The predicted molar refractivity (Wildman–Crippen MR) is 58.8 cm³/mol. The molecule has 0 aromatic heterocycles. The summed E-state index contributed by atoms with van der Waals surface area (Å²) < 4.78 is 17.3. The van der Waals surface area contributed by atoms with Gasteiger partial charge in [0.25, 0.3) is 11.8 Å². The molecule has 0 aliphatic carbocycles. The van der Waals surface area contributed by atoms with Crippen LogP contribution in [0.4, 0.5) is 0 Å². The first-order valence-corrected chi connectivity index (χ1v) is 6.75. The van der Waals surface area contributed by atoms with Gasteiger partial charge >= 0.3 is 8.18 Å². The van der Waals surface area contributed by atoms with Crippen molar-refractivity contribution in [1.82, 2.24) is 4.67 Å². The third-order valence-corrected chi connectivity index (χ3v) is 3.56. The molecule has 2 amide bonds. The van der Waals surface area contributed by atoms with Crippen LogP contribution in [0.15, 0.2) is 0 Å². The molecule has 16 heavy (non-hydrogen) atoms. The molecule has 0 aromatic rings. The van der Waals surface area contributed by atoms with Gasteiger partial charge in [-0.3, -0.25) is 9.59 Å². The molecule has 1 rings (SSSR count). The molecule has 0 bridgehead atoms. The Labute approximate surface area is 96.1 Å². The van der Waals surface area contributed by atoms with Crippen LogP contribution in [0.5, 0.6) is 0 Å². The quantitative estimate of drug-likeness (QED) is 0.393. The summed E-state index contributed by atoms with van der Waals surface area (Å²) in [5.74, 6) is -0.778. The van der Waals surface area contributed by atoms with E-state index < -0.39 is 8.18 Å². The molecule has 0 spiro atoms. The molecule has 90 valence electrons. The van der Waals surface area contributed by atoms with E-state index in [-0.39, 0.29) is 24.7 Å². The average molecular weight is 246 g/mol. The van der Waals surface area contributed by atoms with Gasteiger partial charge in [-0.15, -0.1) is 4.52 Å². The maximum absolute atomic E-state index is 11.5. The first kappa shape index (κ1) is 13.3. The lowest BCUT2D eigenvalue weighted by molar-refractivity contribution is -0.132. The van der Waals surface area contributed by atoms with Crippen molar-refractivity contribution in [2.24, 2.45) is 0 Å². The van der Waals surface area contributed by atoms with Crippen LogP contribution in [-0.4, -0.2) is 23.1 Å². The molecule has 0 N–H and O–H groups in total. The maximum atomic E-state index is 11.5. The summed E-state index contributed by atoms with van der Waals surface area (Å²) in [7, 11) is -2.30. The summed E-state index contributed by atoms with van der Waals surface area (Å²) in [6, 6.07) is 0. The van der Waals surface area contributed by atoms with Crippen molar-refractivity contribution in [2.45, 2.75) is 45.4 Å². The topological polar surface area (TPSA) is 63.7 Å². The number of hydrogen-bond acceptors (Lipinski definition) is 4. The standard InChI is InChI=1S/C10H17NO4P/c1-2-3-4-5-8-15-16(14)11-9(12)6-7-10(11)13/h2-8H2,1H3/q+1. The monoisotopic (exact) mass is 246 g/mol. The lowest BCUT2D eigenvalue weighted by Crippen LogP contribution is -2.21. The maximum Gasteiger partial charge on any atom is 0.656 e. The van der Waals surface area contributed by atoms with E-state index in [9.17, 15) is 14.2 Å². The average Bonchev–Trinajstić information content (AvgIpc) is 2.58. The zero-order valence-electron chi connectivity index (χ0n) is 9.48. The zero-order valence-corrected chi connectivity index (χ0v) is 10.4. The van der Waals surface area contributed by atoms with Crippen LogP contribution in [-0.2, 0) is 18.7 Å². The highest BCUT2D eigenvalue weighted by Gasteiger charge is 2.45. The van der Waals surface area contributed by atoms with Crippen molar-refractivity contribution in [3.63, 3.8) is 0 Å². The number of hydrogen-bond donors (Lipinski definition) is 0. The smallest absolute Gasteiger partial charge is 0.270 e. The molecule has 5 nitrogen and oxygen atoms in total. The van der Waals surface area contributed by atoms with E-state index in [0.29, 0.717) is 6.61 Å². The Morgan fingerprint density at radius 1 is 1.19 bits per heavy atom. The lowest BCUT2D eigenvalue weighted by Gasteiger charge is -1.98. The van der Waals surface area contributed by atoms with Crippen LogP contribution in [0, 0.1) is 0 Å². The number of nitrogens with zero attached hydrogens (tertiary/aromatic N) is 1. The van der Waals surface area contributed by atoms with Crippen molar-refractivity contribution < 1.29 is 18.7 Å². The largest absolute Gasteiger partial charge is 0.656 e. The molecule has 1 saturated heterocycles. The summed E-state index contributed by atoms with van der Waals surface area (Å²) in [6.07, 6.45) is 4.36. The van der Waals surface area contributed by atoms with Gasteiger partial charge in [-0.05, 0) is 15.7 Å². The SMILES string of the molecule is CCCCCCO[P+](=O)N1C(=O)CCC1=O. The third-order valence-electron chi connectivity index (χ3n) is 2.39. The predicted octanol–water partition coefficient (Wildman–Crippen LogP) is 2.39. The second-order valence-corrected chi connectivity index (χ2v) is 4.86. The van der Waals surface area contributed by atoms with Gasteiger partial charge < -0.3 is 0 Å². The first-order chi connectivity index (χ1) is 7.66. The molecule has 0 saturated carbocycles. The van der Waals surface area contributed by atoms with E-state index in [1.54, 1.807) is 0 Å². The van der Waals surface area contributed by atoms with Crippen LogP contribution in [0.3, 0.4) is 0 Å². The van der Waals surface area contributed by atoms with Crippen LogP contribution in [0.1, 0.15) is 45.4 Å². The summed E-state index contributed by atoms with van der Waals surface area (Å²) in [4.78, 5) is 22.4. The summed E-state index contributed by atoms with van der Waals surface area (Å²) in [5, 5.41) is 0. The zero-order chi connectivity index (χ0) is 12.0. The van der Waals surface area contributed by atoms with E-state index in [1.807, 2.05) is 0 Å². The molecule has 0 radical (unpaired) electrons. The Kier molecular flexibility index (Phi) is 5.56. The second kappa shape index (κ2) is 6.71. The minimum absolute atomic E-state index is 0.152. The summed E-state index contributed by atoms with van der Waals surface area (Å²) in [6.45, 7) is 2.44. The minimum atomic E-state index is -2.30. The van der Waals surface area contributed by atoms with Crippen LogP contribution in [0.25, 0.3) is 0 Å². The van der Waals surface area contributed by atoms with E-state index >= 15 is 0 Å². The highest BCUT2D eigenvalue weighted by Crippen LogP contribution is 2.34. The molecule has 1 fully saturated rings. The molecular weight excluding hydrogens is 229 g/mol. The second-order valence-electron chi connectivity index (χ2n) is 3.73. The normalized spacial score (nSPS) is 17.1. The van der Waals surface area contributed by atoms with Crippen molar-refractivity contribution >= 4 is 20.0 Å². The van der Waals surface area contributed by atoms with Gasteiger partial charge in [0.15, 0.2) is 0 Å². The van der Waals surface area contributed by atoms with Gasteiger partial charge in [0.1, 0.15) is 6.61 Å². The van der Waals surface area contributed by atoms with Gasteiger partial charge in [-0.1, -0.05) is 26.2 Å². The molecule has 1 unspecified atom stereocenters. The van der Waals surface area contributed by atoms with Gasteiger partial charge in [0, 0.05) is 12.8 Å². The fraction of sp³-hybridized carbons (Fsp3) is 0.800. The first-order valence-electron chi connectivity index (χ1n) is 5.62. The Bertz CT molecular complexity index is 277. The summed E-state index contributed by atoms with van der Waals surface area (Å²) in [5.41, 5.74) is 0. The van der Waals surface area contributed by atoms with Crippen LogP contribution in [0.2, 0.25) is 0 Å². The Morgan fingerprint density at radius 2 is 1.81 bits per heavy atom. The Morgan fingerprint density at radius 3 is 2.38 bits per heavy atom. The fourth-order valence-corrected chi connectivity index (χ4v) is 2.44. The van der Waals surface area contributed by atoms with Crippen LogP contribution < -0.4 is 0 Å². The molecule has 0 aromatic carbocycles. The number of imide groups is 1. The van der Waals surface area contributed by atoms with Gasteiger partial charge in [-0.2, -0.15) is 0 Å². The minimum Gasteiger partial charge on any atom is -0.270 e. The van der Waals surface area contributed by atoms with Crippen molar-refractivity contribution in [3.8, 4) is 0 Å². The Balaban J connectivity index is 2.24. The van der Waals surface area contributed by atoms with Crippen molar-refractivity contribution in [2.75, 3.05) is 6.61 Å². The fourth-order valence-electron chi connectivity index (χ4n) is 1.48. The van der Waals surface area contributed by atoms with E-state index in [0.717, 1.165) is 30.4 Å². The highest BCUT2D eigenvalue weighted by atomic mass is 31.1.